The quantitative estimate of drug-likeness (QED) is 0.784. The first-order valence-electron chi connectivity index (χ1n) is 6.52. The molecule has 0 amide bonds. The smallest absolute Gasteiger partial charge is 0.184 e. The number of ether oxygens (including phenoxy) is 3. The predicted molar refractivity (Wildman–Crippen MR) is 71.0 cm³/mol. The number of benzene rings is 1. The molecule has 1 saturated heterocycles. The zero-order chi connectivity index (χ0) is 13.8. The van der Waals surface area contributed by atoms with Gasteiger partial charge in [-0.2, -0.15) is 0 Å². The molecule has 0 aromatic heterocycles. The topological polar surface area (TPSA) is 44.8 Å². The van der Waals surface area contributed by atoms with Crippen LogP contribution in [0.1, 0.15) is 25.7 Å². The highest BCUT2D eigenvalue weighted by molar-refractivity contribution is 5.53. The fraction of sp³-hybridized carbons (Fsp3) is 0.533. The molecule has 4 nitrogen and oxygen atoms in total. The van der Waals surface area contributed by atoms with Crippen LogP contribution in [0.2, 0.25) is 0 Å². The maximum atomic E-state index is 10.9. The van der Waals surface area contributed by atoms with Gasteiger partial charge < -0.3 is 19.0 Å². The Labute approximate surface area is 113 Å². The molecule has 0 bridgehead atoms. The highest BCUT2D eigenvalue weighted by atomic mass is 16.7. The minimum Gasteiger partial charge on any atom is -0.497 e. The van der Waals surface area contributed by atoms with Crippen molar-refractivity contribution in [1.82, 2.24) is 0 Å². The van der Waals surface area contributed by atoms with Gasteiger partial charge in [-0.1, -0.05) is 26.0 Å². The van der Waals surface area contributed by atoms with Crippen molar-refractivity contribution in [2.75, 3.05) is 13.7 Å². The second kappa shape index (κ2) is 6.17. The molecule has 1 aromatic carbocycles. The lowest BCUT2D eigenvalue weighted by molar-refractivity contribution is -0.246. The van der Waals surface area contributed by atoms with E-state index in [2.05, 4.69) is 0 Å². The molecule has 104 valence electrons. The Kier molecular flexibility index (Phi) is 4.56. The number of methoxy groups -OCH3 is 1. The molecule has 1 fully saturated rings. The molecule has 4 atom stereocenters. The van der Waals surface area contributed by atoms with E-state index in [9.17, 15) is 4.79 Å². The van der Waals surface area contributed by atoms with Crippen LogP contribution in [0.25, 0.3) is 0 Å². The lowest BCUT2D eigenvalue weighted by Crippen LogP contribution is -2.39. The van der Waals surface area contributed by atoms with Crippen molar-refractivity contribution < 1.29 is 19.0 Å². The number of carbonyl (C=O) groups is 1. The van der Waals surface area contributed by atoms with Gasteiger partial charge in [0.25, 0.3) is 0 Å². The molecule has 0 N–H and O–H groups in total. The second-order valence-electron chi connectivity index (χ2n) is 5.01. The van der Waals surface area contributed by atoms with Gasteiger partial charge >= 0.3 is 0 Å². The highest BCUT2D eigenvalue weighted by Gasteiger charge is 2.33. The lowest BCUT2D eigenvalue weighted by atomic mass is 9.94. The standard InChI is InChI=1S/C15H20O4/c1-10(8-16)14-11(2)9-18-15(19-14)12-4-6-13(17-3)7-5-12/h4-8,10-11,14-15H,9H2,1-3H3. The maximum absolute atomic E-state index is 10.9. The average molecular weight is 264 g/mol. The second-order valence-corrected chi connectivity index (χ2v) is 5.01. The monoisotopic (exact) mass is 264 g/mol. The molecule has 1 aromatic rings. The number of hydrogen-bond donors (Lipinski definition) is 0. The average Bonchev–Trinajstić information content (AvgIpc) is 2.47. The molecule has 1 aliphatic heterocycles. The normalized spacial score (nSPS) is 28.7. The predicted octanol–water partition coefficient (Wildman–Crippen LogP) is 2.58. The summed E-state index contributed by atoms with van der Waals surface area (Å²) in [5, 5.41) is 0. The zero-order valence-corrected chi connectivity index (χ0v) is 11.5. The van der Waals surface area contributed by atoms with E-state index >= 15 is 0 Å². The molecule has 1 aliphatic rings. The first-order valence-corrected chi connectivity index (χ1v) is 6.52. The Morgan fingerprint density at radius 3 is 2.63 bits per heavy atom. The van der Waals surface area contributed by atoms with E-state index in [4.69, 9.17) is 14.2 Å². The van der Waals surface area contributed by atoms with E-state index in [0.29, 0.717) is 6.61 Å². The highest BCUT2D eigenvalue weighted by Crippen LogP contribution is 2.32. The minimum atomic E-state index is -0.408. The Hall–Kier alpha value is -1.39. The number of hydrogen-bond acceptors (Lipinski definition) is 4. The van der Waals surface area contributed by atoms with Gasteiger partial charge in [0.1, 0.15) is 12.0 Å². The third-order valence-corrected chi connectivity index (χ3v) is 3.47. The maximum Gasteiger partial charge on any atom is 0.184 e. The molecule has 1 heterocycles. The van der Waals surface area contributed by atoms with Crippen LogP contribution in [0.5, 0.6) is 5.75 Å². The van der Waals surface area contributed by atoms with Crippen molar-refractivity contribution in [2.45, 2.75) is 26.2 Å². The third kappa shape index (κ3) is 3.14. The number of carbonyl (C=O) groups excluding carboxylic acids is 1. The van der Waals surface area contributed by atoms with Crippen LogP contribution in [0, 0.1) is 11.8 Å². The minimum absolute atomic E-state index is 0.0987. The number of rotatable bonds is 4. The Morgan fingerprint density at radius 1 is 1.37 bits per heavy atom. The fourth-order valence-corrected chi connectivity index (χ4v) is 2.31. The molecule has 0 radical (unpaired) electrons. The van der Waals surface area contributed by atoms with E-state index in [0.717, 1.165) is 17.6 Å². The summed E-state index contributed by atoms with van der Waals surface area (Å²) in [6, 6.07) is 7.58. The molecule has 4 unspecified atom stereocenters. The molecule has 0 saturated carbocycles. The van der Waals surface area contributed by atoms with E-state index in [1.807, 2.05) is 38.1 Å². The molecule has 19 heavy (non-hydrogen) atoms. The third-order valence-electron chi connectivity index (χ3n) is 3.47. The summed E-state index contributed by atoms with van der Waals surface area (Å²) in [5.74, 6) is 0.889. The van der Waals surface area contributed by atoms with Crippen LogP contribution in [0.3, 0.4) is 0 Å². The Morgan fingerprint density at radius 2 is 2.05 bits per heavy atom. The van der Waals surface area contributed by atoms with Gasteiger partial charge in [0, 0.05) is 17.4 Å². The van der Waals surface area contributed by atoms with Crippen molar-refractivity contribution in [1.29, 1.82) is 0 Å². The molecule has 4 heteroatoms. The molecule has 2 rings (SSSR count). The van der Waals surface area contributed by atoms with Crippen LogP contribution in [-0.4, -0.2) is 26.1 Å². The SMILES string of the molecule is COc1ccc(C2OCC(C)C(C(C)C=O)O2)cc1. The van der Waals surface area contributed by atoms with Crippen molar-refractivity contribution >= 4 is 6.29 Å². The first kappa shape index (κ1) is 14.0. The van der Waals surface area contributed by atoms with Gasteiger partial charge in [0.2, 0.25) is 0 Å². The van der Waals surface area contributed by atoms with Gasteiger partial charge in [0.15, 0.2) is 6.29 Å². The van der Waals surface area contributed by atoms with Gasteiger partial charge in [-0.25, -0.2) is 0 Å². The summed E-state index contributed by atoms with van der Waals surface area (Å²) >= 11 is 0. The number of aldehydes is 1. The van der Waals surface area contributed by atoms with Crippen LogP contribution in [0.15, 0.2) is 24.3 Å². The molecule has 0 spiro atoms. The van der Waals surface area contributed by atoms with Crippen LogP contribution in [-0.2, 0) is 14.3 Å². The van der Waals surface area contributed by atoms with E-state index in [1.165, 1.54) is 0 Å². The largest absolute Gasteiger partial charge is 0.497 e. The van der Waals surface area contributed by atoms with Crippen molar-refractivity contribution in [3.05, 3.63) is 29.8 Å². The van der Waals surface area contributed by atoms with Crippen LogP contribution >= 0.6 is 0 Å². The van der Waals surface area contributed by atoms with E-state index < -0.39 is 6.29 Å². The summed E-state index contributed by atoms with van der Waals surface area (Å²) in [7, 11) is 1.63. The fourth-order valence-electron chi connectivity index (χ4n) is 2.31. The van der Waals surface area contributed by atoms with Crippen molar-refractivity contribution in [3.63, 3.8) is 0 Å². The van der Waals surface area contributed by atoms with Crippen molar-refractivity contribution in [3.8, 4) is 5.75 Å². The summed E-state index contributed by atoms with van der Waals surface area (Å²) < 4.78 is 16.7. The van der Waals surface area contributed by atoms with Gasteiger partial charge in [-0.15, -0.1) is 0 Å². The van der Waals surface area contributed by atoms with E-state index in [1.54, 1.807) is 7.11 Å². The summed E-state index contributed by atoms with van der Waals surface area (Å²) in [6.07, 6.45) is 0.435. The lowest BCUT2D eigenvalue weighted by Gasteiger charge is -2.36. The van der Waals surface area contributed by atoms with E-state index in [-0.39, 0.29) is 17.9 Å². The van der Waals surface area contributed by atoms with Crippen LogP contribution in [0.4, 0.5) is 0 Å². The first-order chi connectivity index (χ1) is 9.15. The van der Waals surface area contributed by atoms with Crippen LogP contribution < -0.4 is 4.74 Å². The summed E-state index contributed by atoms with van der Waals surface area (Å²) in [6.45, 7) is 4.51. The molecular formula is C15H20O4. The van der Waals surface area contributed by atoms with Crippen molar-refractivity contribution in [2.24, 2.45) is 11.8 Å². The molecular weight excluding hydrogens is 244 g/mol. The summed E-state index contributed by atoms with van der Waals surface area (Å²) in [5.41, 5.74) is 0.941. The van der Waals surface area contributed by atoms with Gasteiger partial charge in [0.05, 0.1) is 19.8 Å². The zero-order valence-electron chi connectivity index (χ0n) is 11.5. The summed E-state index contributed by atoms with van der Waals surface area (Å²) in [4.78, 5) is 10.9. The Bertz CT molecular complexity index is 415. The van der Waals surface area contributed by atoms with Gasteiger partial charge in [-0.3, -0.25) is 0 Å². The van der Waals surface area contributed by atoms with Gasteiger partial charge in [-0.05, 0) is 12.1 Å². The Balaban J connectivity index is 2.10. The molecule has 0 aliphatic carbocycles.